The number of nitrogens with zero attached hydrogens (tertiary/aromatic N) is 2. The first-order chi connectivity index (χ1) is 13.6. The van der Waals surface area contributed by atoms with E-state index in [2.05, 4.69) is 15.7 Å². The van der Waals surface area contributed by atoms with Crippen LogP contribution in [0.15, 0.2) is 66.9 Å². The molecular formula is C22H24N4O2. The van der Waals surface area contributed by atoms with Crippen LogP contribution in [0.1, 0.15) is 24.2 Å². The van der Waals surface area contributed by atoms with Crippen LogP contribution in [0.2, 0.25) is 0 Å². The molecule has 2 aromatic carbocycles. The molecule has 1 aromatic heterocycles. The molecule has 0 spiro atoms. The summed E-state index contributed by atoms with van der Waals surface area (Å²) in [4.78, 5) is 24.4. The van der Waals surface area contributed by atoms with E-state index >= 15 is 0 Å². The molecule has 0 aliphatic rings. The Morgan fingerprint density at radius 3 is 2.18 bits per heavy atom. The molecule has 144 valence electrons. The summed E-state index contributed by atoms with van der Waals surface area (Å²) in [6, 6.07) is 19.3. The number of para-hydroxylation sites is 1. The SMILES string of the molecule is CC(C)C(=O)NCCNC(=O)c1cn(-c2ccccc2)nc1-c1ccccc1. The molecule has 0 saturated heterocycles. The van der Waals surface area contributed by atoms with E-state index in [1.165, 1.54) is 0 Å². The molecule has 6 heteroatoms. The number of nitrogens with one attached hydrogen (secondary N) is 2. The summed E-state index contributed by atoms with van der Waals surface area (Å²) < 4.78 is 1.71. The Balaban J connectivity index is 1.79. The summed E-state index contributed by atoms with van der Waals surface area (Å²) in [5, 5.41) is 10.3. The minimum absolute atomic E-state index is 0.0314. The van der Waals surface area contributed by atoms with E-state index in [-0.39, 0.29) is 17.7 Å². The lowest BCUT2D eigenvalue weighted by molar-refractivity contribution is -0.123. The van der Waals surface area contributed by atoms with Crippen LogP contribution in [0, 0.1) is 5.92 Å². The first-order valence-electron chi connectivity index (χ1n) is 9.32. The van der Waals surface area contributed by atoms with Gasteiger partial charge in [0.15, 0.2) is 0 Å². The number of carbonyl (C=O) groups is 2. The smallest absolute Gasteiger partial charge is 0.255 e. The Morgan fingerprint density at radius 2 is 1.54 bits per heavy atom. The van der Waals surface area contributed by atoms with Crippen LogP contribution in [-0.4, -0.2) is 34.7 Å². The van der Waals surface area contributed by atoms with Crippen LogP contribution >= 0.6 is 0 Å². The Morgan fingerprint density at radius 1 is 0.929 bits per heavy atom. The maximum Gasteiger partial charge on any atom is 0.255 e. The highest BCUT2D eigenvalue weighted by molar-refractivity contribution is 6.00. The molecule has 1 heterocycles. The van der Waals surface area contributed by atoms with E-state index in [4.69, 9.17) is 0 Å². The lowest BCUT2D eigenvalue weighted by Crippen LogP contribution is -2.36. The van der Waals surface area contributed by atoms with Gasteiger partial charge >= 0.3 is 0 Å². The normalized spacial score (nSPS) is 10.7. The average molecular weight is 376 g/mol. The molecule has 3 rings (SSSR count). The van der Waals surface area contributed by atoms with Crippen molar-refractivity contribution < 1.29 is 9.59 Å². The quantitative estimate of drug-likeness (QED) is 0.622. The van der Waals surface area contributed by atoms with Crippen LogP contribution in [-0.2, 0) is 4.79 Å². The van der Waals surface area contributed by atoms with Crippen LogP contribution in [0.3, 0.4) is 0 Å². The average Bonchev–Trinajstić information content (AvgIpc) is 3.18. The fourth-order valence-electron chi connectivity index (χ4n) is 2.72. The molecule has 0 saturated carbocycles. The van der Waals surface area contributed by atoms with Crippen molar-refractivity contribution in [3.8, 4) is 16.9 Å². The van der Waals surface area contributed by atoms with Gasteiger partial charge in [-0.15, -0.1) is 0 Å². The second-order valence-corrected chi connectivity index (χ2v) is 6.74. The molecule has 28 heavy (non-hydrogen) atoms. The standard InChI is InChI=1S/C22H24N4O2/c1-16(2)21(27)23-13-14-24-22(28)19-15-26(18-11-7-4-8-12-18)25-20(19)17-9-5-3-6-10-17/h3-12,15-16H,13-14H2,1-2H3,(H,23,27)(H,24,28). The first kappa shape index (κ1) is 19.4. The molecule has 0 fully saturated rings. The van der Waals surface area contributed by atoms with Crippen LogP contribution in [0.4, 0.5) is 0 Å². The summed E-state index contributed by atoms with van der Waals surface area (Å²) in [6.45, 7) is 4.40. The molecule has 3 aromatic rings. The topological polar surface area (TPSA) is 76.0 Å². The Labute approximate surface area is 164 Å². The molecule has 0 bridgehead atoms. The van der Waals surface area contributed by atoms with E-state index < -0.39 is 0 Å². The molecule has 6 nitrogen and oxygen atoms in total. The fourth-order valence-corrected chi connectivity index (χ4v) is 2.72. The van der Waals surface area contributed by atoms with Gasteiger partial charge in [-0.2, -0.15) is 5.10 Å². The largest absolute Gasteiger partial charge is 0.354 e. The number of hydrogen-bond acceptors (Lipinski definition) is 3. The van der Waals surface area contributed by atoms with Gasteiger partial charge in [-0.25, -0.2) is 4.68 Å². The van der Waals surface area contributed by atoms with Crippen molar-refractivity contribution >= 4 is 11.8 Å². The molecule has 2 N–H and O–H groups in total. The number of benzene rings is 2. The summed E-state index contributed by atoms with van der Waals surface area (Å²) >= 11 is 0. The number of hydrogen-bond donors (Lipinski definition) is 2. The summed E-state index contributed by atoms with van der Waals surface area (Å²) in [5.41, 5.74) is 2.86. The number of aromatic nitrogens is 2. The van der Waals surface area contributed by atoms with Gasteiger partial charge in [0, 0.05) is 30.8 Å². The predicted molar refractivity (Wildman–Crippen MR) is 109 cm³/mol. The highest BCUT2D eigenvalue weighted by Gasteiger charge is 2.18. The number of carbonyl (C=O) groups excluding carboxylic acids is 2. The summed E-state index contributed by atoms with van der Waals surface area (Å²) in [6.07, 6.45) is 1.74. The summed E-state index contributed by atoms with van der Waals surface area (Å²) in [7, 11) is 0. The zero-order valence-corrected chi connectivity index (χ0v) is 16.1. The molecule has 0 atom stereocenters. The molecule has 2 amide bonds. The highest BCUT2D eigenvalue weighted by atomic mass is 16.2. The minimum Gasteiger partial charge on any atom is -0.354 e. The van der Waals surface area contributed by atoms with Gasteiger partial charge in [0.25, 0.3) is 5.91 Å². The second-order valence-electron chi connectivity index (χ2n) is 6.74. The summed E-state index contributed by atoms with van der Waals surface area (Å²) in [5.74, 6) is -0.333. The van der Waals surface area contributed by atoms with E-state index in [9.17, 15) is 9.59 Å². The lowest BCUT2D eigenvalue weighted by atomic mass is 10.1. The van der Waals surface area contributed by atoms with Gasteiger partial charge in [-0.1, -0.05) is 62.4 Å². The third-order valence-electron chi connectivity index (χ3n) is 4.26. The Hall–Kier alpha value is -3.41. The fraction of sp³-hybridized carbons (Fsp3) is 0.227. The van der Waals surface area contributed by atoms with Crippen molar-refractivity contribution in [1.29, 1.82) is 0 Å². The van der Waals surface area contributed by atoms with E-state index in [0.717, 1.165) is 11.3 Å². The molecule has 0 aliphatic heterocycles. The van der Waals surface area contributed by atoms with Crippen LogP contribution < -0.4 is 10.6 Å². The Kier molecular flexibility index (Phi) is 6.22. The monoisotopic (exact) mass is 376 g/mol. The van der Waals surface area contributed by atoms with E-state index in [1.807, 2.05) is 74.5 Å². The maximum atomic E-state index is 12.8. The van der Waals surface area contributed by atoms with Gasteiger partial charge < -0.3 is 10.6 Å². The van der Waals surface area contributed by atoms with Gasteiger partial charge in [0.05, 0.1) is 11.3 Å². The highest BCUT2D eigenvalue weighted by Crippen LogP contribution is 2.23. The second kappa shape index (κ2) is 8.99. The zero-order chi connectivity index (χ0) is 19.9. The third-order valence-corrected chi connectivity index (χ3v) is 4.26. The maximum absolute atomic E-state index is 12.8. The van der Waals surface area contributed by atoms with Gasteiger partial charge in [0.2, 0.25) is 5.91 Å². The van der Waals surface area contributed by atoms with Crippen LogP contribution in [0.5, 0.6) is 0 Å². The predicted octanol–water partition coefficient (Wildman–Crippen LogP) is 3.04. The van der Waals surface area contributed by atoms with Crippen molar-refractivity contribution in [1.82, 2.24) is 20.4 Å². The van der Waals surface area contributed by atoms with Gasteiger partial charge in [0.1, 0.15) is 5.69 Å². The van der Waals surface area contributed by atoms with E-state index in [0.29, 0.717) is 24.3 Å². The third kappa shape index (κ3) is 4.65. The zero-order valence-electron chi connectivity index (χ0n) is 16.1. The molecule has 0 aliphatic carbocycles. The van der Waals surface area contributed by atoms with Crippen LogP contribution in [0.25, 0.3) is 16.9 Å². The van der Waals surface area contributed by atoms with Crippen molar-refractivity contribution in [3.05, 3.63) is 72.4 Å². The minimum atomic E-state index is -0.222. The van der Waals surface area contributed by atoms with Gasteiger partial charge in [-0.3, -0.25) is 9.59 Å². The lowest BCUT2D eigenvalue weighted by Gasteiger charge is -2.08. The van der Waals surface area contributed by atoms with Crippen molar-refractivity contribution in [2.75, 3.05) is 13.1 Å². The number of amides is 2. The molecular weight excluding hydrogens is 352 g/mol. The molecule has 0 unspecified atom stereocenters. The molecule has 0 radical (unpaired) electrons. The first-order valence-corrected chi connectivity index (χ1v) is 9.32. The van der Waals surface area contributed by atoms with Crippen molar-refractivity contribution in [3.63, 3.8) is 0 Å². The van der Waals surface area contributed by atoms with E-state index in [1.54, 1.807) is 10.9 Å². The van der Waals surface area contributed by atoms with Crippen molar-refractivity contribution in [2.45, 2.75) is 13.8 Å². The van der Waals surface area contributed by atoms with Gasteiger partial charge in [-0.05, 0) is 12.1 Å². The number of rotatable bonds is 7. The van der Waals surface area contributed by atoms with Crippen molar-refractivity contribution in [2.24, 2.45) is 5.92 Å². The Bertz CT molecular complexity index is 934.